The van der Waals surface area contributed by atoms with E-state index in [0.717, 1.165) is 0 Å². The van der Waals surface area contributed by atoms with Gasteiger partial charge in [0.1, 0.15) is 6.04 Å². The van der Waals surface area contributed by atoms with Gasteiger partial charge in [-0.2, -0.15) is 13.2 Å². The first-order chi connectivity index (χ1) is 4.39. The molecule has 0 aliphatic carbocycles. The minimum atomic E-state index is -4.37. The third-order valence-corrected chi connectivity index (χ3v) is 1.26. The molecular formula is C5H10F3NO. The monoisotopic (exact) mass is 157 g/mol. The van der Waals surface area contributed by atoms with Crippen LogP contribution in [0, 0.1) is 0 Å². The van der Waals surface area contributed by atoms with Crippen LogP contribution in [0.4, 0.5) is 13.2 Å². The van der Waals surface area contributed by atoms with Crippen molar-refractivity contribution in [1.82, 2.24) is 0 Å². The molecule has 62 valence electrons. The van der Waals surface area contributed by atoms with Gasteiger partial charge in [0.05, 0.1) is 6.10 Å². The van der Waals surface area contributed by atoms with Crippen molar-refractivity contribution in [3.8, 4) is 0 Å². The summed E-state index contributed by atoms with van der Waals surface area (Å²) >= 11 is 0. The fourth-order valence-corrected chi connectivity index (χ4v) is 0.413. The molecule has 2 nitrogen and oxygen atoms in total. The highest BCUT2D eigenvalue weighted by Crippen LogP contribution is 2.21. The Morgan fingerprint density at radius 3 is 1.90 bits per heavy atom. The minimum Gasteiger partial charge on any atom is -0.380 e. The van der Waals surface area contributed by atoms with Crippen molar-refractivity contribution < 1.29 is 17.9 Å². The van der Waals surface area contributed by atoms with Crippen molar-refractivity contribution in [2.75, 3.05) is 7.11 Å². The highest BCUT2D eigenvalue weighted by atomic mass is 19.4. The molecule has 0 bridgehead atoms. The summed E-state index contributed by atoms with van der Waals surface area (Å²) in [6, 6.07) is -1.89. The summed E-state index contributed by atoms with van der Waals surface area (Å²) in [5.41, 5.74) is 4.75. The third-order valence-electron chi connectivity index (χ3n) is 1.26. The Balaban J connectivity index is 3.94. The van der Waals surface area contributed by atoms with Gasteiger partial charge >= 0.3 is 6.18 Å². The van der Waals surface area contributed by atoms with Gasteiger partial charge in [-0.1, -0.05) is 0 Å². The summed E-state index contributed by atoms with van der Waals surface area (Å²) in [5, 5.41) is 0. The molecule has 0 aromatic carbocycles. The number of methoxy groups -OCH3 is 1. The molecule has 0 spiro atoms. The first-order valence-electron chi connectivity index (χ1n) is 2.74. The molecule has 10 heavy (non-hydrogen) atoms. The lowest BCUT2D eigenvalue weighted by Crippen LogP contribution is -2.46. The van der Waals surface area contributed by atoms with Crippen LogP contribution in [0.3, 0.4) is 0 Å². The van der Waals surface area contributed by atoms with Gasteiger partial charge in [-0.15, -0.1) is 0 Å². The number of ether oxygens (including phenoxy) is 1. The topological polar surface area (TPSA) is 35.2 Å². The Bertz CT molecular complexity index is 104. The highest BCUT2D eigenvalue weighted by Gasteiger charge is 2.40. The molecule has 0 unspecified atom stereocenters. The fourth-order valence-electron chi connectivity index (χ4n) is 0.413. The van der Waals surface area contributed by atoms with Crippen molar-refractivity contribution in [3.63, 3.8) is 0 Å². The van der Waals surface area contributed by atoms with Crippen LogP contribution in [0.1, 0.15) is 6.92 Å². The molecule has 0 aliphatic rings. The zero-order chi connectivity index (χ0) is 8.36. The smallest absolute Gasteiger partial charge is 0.380 e. The van der Waals surface area contributed by atoms with Crippen LogP contribution < -0.4 is 5.73 Å². The van der Waals surface area contributed by atoms with Gasteiger partial charge in [0.15, 0.2) is 0 Å². The van der Waals surface area contributed by atoms with Gasteiger partial charge < -0.3 is 10.5 Å². The average molecular weight is 157 g/mol. The van der Waals surface area contributed by atoms with E-state index in [-0.39, 0.29) is 0 Å². The van der Waals surface area contributed by atoms with Gasteiger partial charge in [0.2, 0.25) is 0 Å². The summed E-state index contributed by atoms with van der Waals surface area (Å²) < 4.78 is 39.4. The molecule has 0 radical (unpaired) electrons. The Morgan fingerprint density at radius 1 is 1.40 bits per heavy atom. The number of hydrogen-bond donors (Lipinski definition) is 1. The largest absolute Gasteiger partial charge is 0.406 e. The summed E-state index contributed by atoms with van der Waals surface area (Å²) in [7, 11) is 1.19. The fraction of sp³-hybridized carbons (Fsp3) is 1.00. The van der Waals surface area contributed by atoms with Gasteiger partial charge in [-0.25, -0.2) is 0 Å². The lowest BCUT2D eigenvalue weighted by molar-refractivity contribution is -0.170. The van der Waals surface area contributed by atoms with Crippen molar-refractivity contribution in [2.45, 2.75) is 25.2 Å². The second kappa shape index (κ2) is 3.21. The molecule has 0 heterocycles. The van der Waals surface area contributed by atoms with Crippen molar-refractivity contribution in [1.29, 1.82) is 0 Å². The number of rotatable bonds is 2. The molecule has 0 saturated carbocycles. The number of alkyl halides is 3. The second-order valence-corrected chi connectivity index (χ2v) is 2.01. The van der Waals surface area contributed by atoms with E-state index in [2.05, 4.69) is 4.74 Å². The Kier molecular flexibility index (Phi) is 3.11. The molecule has 0 rings (SSSR count). The SMILES string of the molecule is CO[C@@H](C)[C@H](N)C(F)(F)F. The van der Waals surface area contributed by atoms with Gasteiger partial charge in [-0.3, -0.25) is 0 Å². The third kappa shape index (κ3) is 2.53. The summed E-state index contributed by atoms with van der Waals surface area (Å²) in [6.07, 6.45) is -5.35. The molecule has 2 N–H and O–H groups in total. The first-order valence-corrected chi connectivity index (χ1v) is 2.74. The Morgan fingerprint density at radius 2 is 1.80 bits per heavy atom. The van der Waals surface area contributed by atoms with Gasteiger partial charge in [0.25, 0.3) is 0 Å². The zero-order valence-corrected chi connectivity index (χ0v) is 5.77. The van der Waals surface area contributed by atoms with Crippen LogP contribution in [0.15, 0.2) is 0 Å². The van der Waals surface area contributed by atoms with E-state index in [0.29, 0.717) is 0 Å². The molecular weight excluding hydrogens is 147 g/mol. The van der Waals surface area contributed by atoms with E-state index >= 15 is 0 Å². The first kappa shape index (κ1) is 9.71. The predicted octanol–water partition coefficient (Wildman–Crippen LogP) is 0.911. The van der Waals surface area contributed by atoms with E-state index in [1.165, 1.54) is 14.0 Å². The van der Waals surface area contributed by atoms with Crippen LogP contribution >= 0.6 is 0 Å². The van der Waals surface area contributed by atoms with Crippen LogP contribution in [0.25, 0.3) is 0 Å². The van der Waals surface area contributed by atoms with Crippen LogP contribution in [-0.4, -0.2) is 25.4 Å². The maximum atomic E-state index is 11.7. The lowest BCUT2D eigenvalue weighted by atomic mass is 10.2. The van der Waals surface area contributed by atoms with E-state index < -0.39 is 18.3 Å². The number of halogens is 3. The van der Waals surface area contributed by atoms with Crippen molar-refractivity contribution in [2.24, 2.45) is 5.73 Å². The molecule has 0 saturated heterocycles. The highest BCUT2D eigenvalue weighted by molar-refractivity contribution is 4.76. The summed E-state index contributed by atoms with van der Waals surface area (Å²) in [4.78, 5) is 0. The minimum absolute atomic E-state index is 0.986. The molecule has 5 heteroatoms. The number of hydrogen-bond acceptors (Lipinski definition) is 2. The molecule has 0 aliphatic heterocycles. The van der Waals surface area contributed by atoms with E-state index in [9.17, 15) is 13.2 Å². The summed E-state index contributed by atoms with van der Waals surface area (Å²) in [5.74, 6) is 0. The quantitative estimate of drug-likeness (QED) is 0.646. The second-order valence-electron chi connectivity index (χ2n) is 2.01. The Hall–Kier alpha value is -0.290. The van der Waals surface area contributed by atoms with Crippen molar-refractivity contribution >= 4 is 0 Å². The maximum absolute atomic E-state index is 11.7. The molecule has 0 fully saturated rings. The average Bonchev–Trinajstić information content (AvgIpc) is 1.83. The summed E-state index contributed by atoms with van der Waals surface area (Å²) in [6.45, 7) is 1.28. The lowest BCUT2D eigenvalue weighted by Gasteiger charge is -2.20. The molecule has 0 aromatic heterocycles. The van der Waals surface area contributed by atoms with Gasteiger partial charge in [-0.05, 0) is 6.92 Å². The van der Waals surface area contributed by atoms with Crippen molar-refractivity contribution in [3.05, 3.63) is 0 Å². The number of nitrogens with two attached hydrogens (primary N) is 1. The van der Waals surface area contributed by atoms with E-state index in [4.69, 9.17) is 5.73 Å². The normalized spacial score (nSPS) is 18.6. The van der Waals surface area contributed by atoms with Crippen LogP contribution in [0.5, 0.6) is 0 Å². The van der Waals surface area contributed by atoms with Gasteiger partial charge in [0, 0.05) is 7.11 Å². The molecule has 0 amide bonds. The molecule has 0 aromatic rings. The standard InChI is InChI=1S/C5H10F3NO/c1-3(10-2)4(9)5(6,7)8/h3-4H,9H2,1-2H3/t3-,4-/m0/s1. The predicted molar refractivity (Wildman–Crippen MR) is 30.5 cm³/mol. The van der Waals surface area contributed by atoms with E-state index in [1.54, 1.807) is 0 Å². The molecule has 2 atom stereocenters. The Labute approximate surface area is 57.1 Å². The van der Waals surface area contributed by atoms with Crippen LogP contribution in [-0.2, 0) is 4.74 Å². The van der Waals surface area contributed by atoms with E-state index in [1.807, 2.05) is 0 Å². The van der Waals surface area contributed by atoms with Crippen LogP contribution in [0.2, 0.25) is 0 Å². The maximum Gasteiger partial charge on any atom is 0.406 e. The zero-order valence-electron chi connectivity index (χ0n) is 5.77.